The Hall–Kier alpha value is -2.69. The number of para-hydroxylation sites is 1. The van der Waals surface area contributed by atoms with Crippen LogP contribution in [0.4, 0.5) is 0 Å². The fraction of sp³-hybridized carbons (Fsp3) is 0.278. The molecule has 0 fully saturated rings. The van der Waals surface area contributed by atoms with E-state index in [0.717, 1.165) is 11.3 Å². The van der Waals surface area contributed by atoms with E-state index in [1.54, 1.807) is 12.1 Å². The van der Waals surface area contributed by atoms with Crippen molar-refractivity contribution in [3.05, 3.63) is 53.1 Å². The maximum absolute atomic E-state index is 11.3. The van der Waals surface area contributed by atoms with Crippen molar-refractivity contribution in [3.8, 4) is 17.2 Å². The van der Waals surface area contributed by atoms with E-state index in [1.165, 1.54) is 18.7 Å². The van der Waals surface area contributed by atoms with Crippen molar-refractivity contribution >= 4 is 5.97 Å². The molecule has 0 saturated heterocycles. The van der Waals surface area contributed by atoms with Crippen LogP contribution in [0.5, 0.6) is 17.2 Å². The highest BCUT2D eigenvalue weighted by molar-refractivity contribution is 5.92. The molecule has 0 spiro atoms. The summed E-state index contributed by atoms with van der Waals surface area (Å²) < 4.78 is 16.4. The summed E-state index contributed by atoms with van der Waals surface area (Å²) in [7, 11) is 1.47. The third kappa shape index (κ3) is 4.16. The molecule has 2 aromatic rings. The first-order chi connectivity index (χ1) is 11.0. The molecule has 0 aliphatic heterocycles. The van der Waals surface area contributed by atoms with E-state index < -0.39 is 5.97 Å². The van der Waals surface area contributed by atoms with E-state index in [0.29, 0.717) is 12.4 Å². The standard InChI is InChI=1S/C18H20O5/c1-12-7-8-15(13(2)11-12)22-9-10-23-17-14(18(19)20)5-4-6-16(17)21-3/h4-8,11H,9-10H2,1-3H3,(H,19,20). The van der Waals surface area contributed by atoms with Gasteiger partial charge in [0.1, 0.15) is 24.5 Å². The third-order valence-electron chi connectivity index (χ3n) is 3.35. The summed E-state index contributed by atoms with van der Waals surface area (Å²) in [6, 6.07) is 10.7. The van der Waals surface area contributed by atoms with Gasteiger partial charge in [0.25, 0.3) is 0 Å². The van der Waals surface area contributed by atoms with Crippen LogP contribution in [0, 0.1) is 13.8 Å². The summed E-state index contributed by atoms with van der Waals surface area (Å²) in [6.45, 7) is 4.52. The van der Waals surface area contributed by atoms with Crippen molar-refractivity contribution in [1.82, 2.24) is 0 Å². The topological polar surface area (TPSA) is 65.0 Å². The highest BCUT2D eigenvalue weighted by atomic mass is 16.5. The number of aryl methyl sites for hydroxylation is 2. The first kappa shape index (κ1) is 16.7. The number of rotatable bonds is 7. The van der Waals surface area contributed by atoms with Gasteiger partial charge in [-0.2, -0.15) is 0 Å². The number of methoxy groups -OCH3 is 1. The Morgan fingerprint density at radius 2 is 1.78 bits per heavy atom. The van der Waals surface area contributed by atoms with Crippen molar-refractivity contribution in [2.75, 3.05) is 20.3 Å². The van der Waals surface area contributed by atoms with Crippen LogP contribution in [-0.4, -0.2) is 31.4 Å². The molecule has 0 atom stereocenters. The fourth-order valence-electron chi connectivity index (χ4n) is 2.25. The number of carboxylic acid groups (broad SMARTS) is 1. The van der Waals surface area contributed by atoms with Gasteiger partial charge in [0.2, 0.25) is 0 Å². The van der Waals surface area contributed by atoms with Gasteiger partial charge in [-0.3, -0.25) is 0 Å². The maximum Gasteiger partial charge on any atom is 0.339 e. The molecule has 0 aliphatic rings. The highest BCUT2D eigenvalue weighted by Gasteiger charge is 2.16. The van der Waals surface area contributed by atoms with Crippen LogP contribution in [0.1, 0.15) is 21.5 Å². The zero-order valence-corrected chi connectivity index (χ0v) is 13.5. The Balaban J connectivity index is 2.00. The van der Waals surface area contributed by atoms with Gasteiger partial charge >= 0.3 is 5.97 Å². The normalized spacial score (nSPS) is 10.2. The number of carboxylic acids is 1. The molecule has 0 aromatic heterocycles. The van der Waals surface area contributed by atoms with Crippen molar-refractivity contribution < 1.29 is 24.1 Å². The van der Waals surface area contributed by atoms with Crippen LogP contribution in [0.15, 0.2) is 36.4 Å². The summed E-state index contributed by atoms with van der Waals surface area (Å²) in [5, 5.41) is 9.22. The van der Waals surface area contributed by atoms with Gasteiger partial charge in [0.15, 0.2) is 11.5 Å². The number of hydrogen-bond acceptors (Lipinski definition) is 4. The SMILES string of the molecule is COc1cccc(C(=O)O)c1OCCOc1ccc(C)cc1C. The lowest BCUT2D eigenvalue weighted by molar-refractivity contribution is 0.0690. The summed E-state index contributed by atoms with van der Waals surface area (Å²) >= 11 is 0. The molecule has 5 heteroatoms. The third-order valence-corrected chi connectivity index (χ3v) is 3.35. The zero-order chi connectivity index (χ0) is 16.8. The lowest BCUT2D eigenvalue weighted by atomic mass is 10.1. The Morgan fingerprint density at radius 1 is 1.04 bits per heavy atom. The number of aromatic carboxylic acids is 1. The molecule has 0 saturated carbocycles. The second-order valence-corrected chi connectivity index (χ2v) is 5.11. The minimum atomic E-state index is -1.06. The minimum absolute atomic E-state index is 0.0656. The largest absolute Gasteiger partial charge is 0.493 e. The van der Waals surface area contributed by atoms with E-state index in [9.17, 15) is 9.90 Å². The fourth-order valence-corrected chi connectivity index (χ4v) is 2.25. The van der Waals surface area contributed by atoms with E-state index in [4.69, 9.17) is 14.2 Å². The van der Waals surface area contributed by atoms with E-state index in [2.05, 4.69) is 0 Å². The predicted octanol–water partition coefficient (Wildman–Crippen LogP) is 3.47. The molecule has 1 N–H and O–H groups in total. The molecule has 2 aromatic carbocycles. The van der Waals surface area contributed by atoms with Crippen LogP contribution in [0.25, 0.3) is 0 Å². The Labute approximate surface area is 135 Å². The van der Waals surface area contributed by atoms with Gasteiger partial charge in [-0.1, -0.05) is 23.8 Å². The van der Waals surface area contributed by atoms with Gasteiger partial charge in [0.05, 0.1) is 7.11 Å². The zero-order valence-electron chi connectivity index (χ0n) is 13.5. The number of carbonyl (C=O) groups is 1. The number of benzene rings is 2. The molecule has 0 unspecified atom stereocenters. The van der Waals surface area contributed by atoms with E-state index in [-0.39, 0.29) is 17.9 Å². The van der Waals surface area contributed by atoms with E-state index in [1.807, 2.05) is 32.0 Å². The predicted molar refractivity (Wildman–Crippen MR) is 86.9 cm³/mol. The van der Waals surface area contributed by atoms with Gasteiger partial charge in [-0.05, 0) is 37.6 Å². The molecule has 0 amide bonds. The van der Waals surface area contributed by atoms with Crippen molar-refractivity contribution in [2.45, 2.75) is 13.8 Å². The average molecular weight is 316 g/mol. The summed E-state index contributed by atoms with van der Waals surface area (Å²) in [5.74, 6) is 0.329. The lowest BCUT2D eigenvalue weighted by Gasteiger charge is -2.14. The summed E-state index contributed by atoms with van der Waals surface area (Å²) in [5.41, 5.74) is 2.29. The summed E-state index contributed by atoms with van der Waals surface area (Å²) in [6.07, 6.45) is 0. The summed E-state index contributed by atoms with van der Waals surface area (Å²) in [4.78, 5) is 11.3. The van der Waals surface area contributed by atoms with Gasteiger partial charge in [0, 0.05) is 0 Å². The lowest BCUT2D eigenvalue weighted by Crippen LogP contribution is -2.12. The molecule has 0 aliphatic carbocycles. The van der Waals surface area contributed by atoms with Crippen LogP contribution >= 0.6 is 0 Å². The Bertz CT molecular complexity index is 694. The first-order valence-electron chi connectivity index (χ1n) is 7.26. The van der Waals surface area contributed by atoms with Crippen molar-refractivity contribution in [1.29, 1.82) is 0 Å². The molecular formula is C18H20O5. The molecule has 0 bridgehead atoms. The molecule has 2 rings (SSSR count). The molecule has 0 radical (unpaired) electrons. The number of ether oxygens (including phenoxy) is 3. The molecule has 0 heterocycles. The second-order valence-electron chi connectivity index (χ2n) is 5.11. The van der Waals surface area contributed by atoms with Gasteiger partial charge < -0.3 is 19.3 Å². The van der Waals surface area contributed by atoms with Crippen LogP contribution in [0.3, 0.4) is 0 Å². The Kier molecular flexibility index (Phi) is 5.46. The number of hydrogen-bond donors (Lipinski definition) is 1. The minimum Gasteiger partial charge on any atom is -0.493 e. The molecule has 122 valence electrons. The monoisotopic (exact) mass is 316 g/mol. The van der Waals surface area contributed by atoms with Crippen LogP contribution in [-0.2, 0) is 0 Å². The quantitative estimate of drug-likeness (QED) is 0.792. The van der Waals surface area contributed by atoms with Gasteiger partial charge in [-0.15, -0.1) is 0 Å². The van der Waals surface area contributed by atoms with E-state index >= 15 is 0 Å². The van der Waals surface area contributed by atoms with Crippen molar-refractivity contribution in [3.63, 3.8) is 0 Å². The highest BCUT2D eigenvalue weighted by Crippen LogP contribution is 2.31. The average Bonchev–Trinajstić information content (AvgIpc) is 2.52. The molecular weight excluding hydrogens is 296 g/mol. The Morgan fingerprint density at radius 3 is 2.43 bits per heavy atom. The molecule has 5 nitrogen and oxygen atoms in total. The smallest absolute Gasteiger partial charge is 0.339 e. The van der Waals surface area contributed by atoms with Crippen LogP contribution < -0.4 is 14.2 Å². The maximum atomic E-state index is 11.3. The van der Waals surface area contributed by atoms with Crippen LogP contribution in [0.2, 0.25) is 0 Å². The first-order valence-corrected chi connectivity index (χ1v) is 7.26. The second kappa shape index (κ2) is 7.54. The van der Waals surface area contributed by atoms with Gasteiger partial charge in [-0.25, -0.2) is 4.79 Å². The molecule has 23 heavy (non-hydrogen) atoms. The van der Waals surface area contributed by atoms with Crippen molar-refractivity contribution in [2.24, 2.45) is 0 Å².